The second kappa shape index (κ2) is 6.58. The van der Waals surface area contributed by atoms with Crippen molar-refractivity contribution in [3.05, 3.63) is 36.1 Å². The van der Waals surface area contributed by atoms with Crippen LogP contribution in [0.5, 0.6) is 11.5 Å². The largest absolute Gasteiger partial charge is 0.493 e. The van der Waals surface area contributed by atoms with Crippen LogP contribution in [0.15, 0.2) is 36.1 Å². The Kier molecular flexibility index (Phi) is 5.07. The number of benzene rings is 1. The normalized spacial score (nSPS) is 10.9. The van der Waals surface area contributed by atoms with E-state index >= 15 is 0 Å². The highest BCUT2D eigenvalue weighted by molar-refractivity contribution is 5.82. The van der Waals surface area contributed by atoms with Gasteiger partial charge in [0.1, 0.15) is 5.76 Å². The van der Waals surface area contributed by atoms with Gasteiger partial charge in [-0.2, -0.15) is 0 Å². The number of carbonyl (C=O) groups excluding carboxylic acids is 1. The summed E-state index contributed by atoms with van der Waals surface area (Å²) in [7, 11) is 1.56. The van der Waals surface area contributed by atoms with E-state index in [-0.39, 0.29) is 0 Å². The summed E-state index contributed by atoms with van der Waals surface area (Å²) in [6.45, 7) is 3.78. The van der Waals surface area contributed by atoms with Gasteiger partial charge in [0, 0.05) is 0 Å². The molecule has 0 saturated heterocycles. The first-order chi connectivity index (χ1) is 8.17. The predicted molar refractivity (Wildman–Crippen MR) is 64.0 cm³/mol. The number of hydrogen-bond acceptors (Lipinski definition) is 4. The lowest BCUT2D eigenvalue weighted by molar-refractivity contribution is -0.137. The van der Waals surface area contributed by atoms with Crippen LogP contribution >= 0.6 is 0 Å². The molecule has 0 saturated carbocycles. The lowest BCUT2D eigenvalue weighted by atomic mass is 10.3. The van der Waals surface area contributed by atoms with E-state index in [1.165, 1.54) is 6.08 Å². The first-order valence-electron chi connectivity index (χ1n) is 5.33. The highest BCUT2D eigenvalue weighted by atomic mass is 16.5. The molecule has 0 amide bonds. The third kappa shape index (κ3) is 4.18. The van der Waals surface area contributed by atoms with Crippen molar-refractivity contribution < 1.29 is 19.0 Å². The van der Waals surface area contributed by atoms with Crippen LogP contribution in [-0.2, 0) is 9.53 Å². The van der Waals surface area contributed by atoms with Crippen LogP contribution in [0.4, 0.5) is 0 Å². The molecule has 0 fully saturated rings. The van der Waals surface area contributed by atoms with Gasteiger partial charge in [-0.3, -0.25) is 0 Å². The molecule has 4 nitrogen and oxygen atoms in total. The molecule has 1 rings (SSSR count). The Hall–Kier alpha value is -1.97. The third-order valence-corrected chi connectivity index (χ3v) is 1.95. The van der Waals surface area contributed by atoms with Gasteiger partial charge in [0.25, 0.3) is 0 Å². The van der Waals surface area contributed by atoms with Crippen LogP contribution in [0, 0.1) is 0 Å². The number of carbonyl (C=O) groups is 1. The predicted octanol–water partition coefficient (Wildman–Crippen LogP) is 2.54. The van der Waals surface area contributed by atoms with E-state index in [9.17, 15) is 4.79 Å². The average molecular weight is 236 g/mol. The van der Waals surface area contributed by atoms with Crippen molar-refractivity contribution >= 4 is 5.97 Å². The van der Waals surface area contributed by atoms with Crippen LogP contribution < -0.4 is 9.47 Å². The lowest BCUT2D eigenvalue weighted by Crippen LogP contribution is -2.03. The Morgan fingerprint density at radius 1 is 1.29 bits per heavy atom. The zero-order valence-electron chi connectivity index (χ0n) is 10.2. The van der Waals surface area contributed by atoms with E-state index in [0.717, 1.165) is 0 Å². The number of esters is 1. The summed E-state index contributed by atoms with van der Waals surface area (Å²) in [6.07, 6.45) is 1.30. The molecule has 1 aromatic rings. The van der Waals surface area contributed by atoms with Gasteiger partial charge in [-0.25, -0.2) is 4.79 Å². The molecule has 0 aromatic heterocycles. The van der Waals surface area contributed by atoms with Crippen molar-refractivity contribution in [1.29, 1.82) is 0 Å². The van der Waals surface area contributed by atoms with E-state index in [1.54, 1.807) is 33.1 Å². The molecule has 4 heteroatoms. The second-order valence-corrected chi connectivity index (χ2v) is 3.26. The fourth-order valence-corrected chi connectivity index (χ4v) is 1.26. The molecule has 0 unspecified atom stereocenters. The van der Waals surface area contributed by atoms with Gasteiger partial charge < -0.3 is 14.2 Å². The standard InChI is InChI=1S/C13H16O4/c1-4-16-13(14)9-10(2)17-12-8-6-5-7-11(12)15-3/h5-9H,4H2,1-3H3/b10-9-. The zero-order valence-corrected chi connectivity index (χ0v) is 10.2. The number of methoxy groups -OCH3 is 1. The van der Waals surface area contributed by atoms with Crippen molar-refractivity contribution in [3.63, 3.8) is 0 Å². The SMILES string of the molecule is CCOC(=O)/C=C(/C)Oc1ccccc1OC. The Balaban J connectivity index is 2.73. The molecular formula is C13H16O4. The van der Waals surface area contributed by atoms with Gasteiger partial charge in [-0.05, 0) is 26.0 Å². The maximum Gasteiger partial charge on any atom is 0.334 e. The van der Waals surface area contributed by atoms with E-state index in [2.05, 4.69) is 0 Å². The summed E-state index contributed by atoms with van der Waals surface area (Å²) in [5.74, 6) is 1.21. The molecule has 0 atom stereocenters. The first-order valence-corrected chi connectivity index (χ1v) is 5.33. The molecule has 0 aliphatic carbocycles. The number of hydrogen-bond donors (Lipinski definition) is 0. The number of rotatable bonds is 5. The Bertz CT molecular complexity index is 410. The summed E-state index contributed by atoms with van der Waals surface area (Å²) in [5.41, 5.74) is 0. The zero-order chi connectivity index (χ0) is 12.7. The molecular weight excluding hydrogens is 220 g/mol. The maximum atomic E-state index is 11.2. The monoisotopic (exact) mass is 236 g/mol. The molecule has 0 radical (unpaired) electrons. The summed E-state index contributed by atoms with van der Waals surface area (Å²) < 4.78 is 15.4. The minimum Gasteiger partial charge on any atom is -0.493 e. The Labute approximate surface area is 101 Å². The lowest BCUT2D eigenvalue weighted by Gasteiger charge is -2.09. The molecule has 1 aromatic carbocycles. The fraction of sp³-hybridized carbons (Fsp3) is 0.308. The summed E-state index contributed by atoms with van der Waals surface area (Å²) in [5, 5.41) is 0. The van der Waals surface area contributed by atoms with E-state index in [1.807, 2.05) is 12.1 Å². The van der Waals surface area contributed by atoms with Crippen LogP contribution in [-0.4, -0.2) is 19.7 Å². The molecule has 17 heavy (non-hydrogen) atoms. The molecule has 0 heterocycles. The highest BCUT2D eigenvalue weighted by Gasteiger charge is 2.05. The first kappa shape index (κ1) is 13.1. The van der Waals surface area contributed by atoms with Gasteiger partial charge in [0.2, 0.25) is 0 Å². The van der Waals surface area contributed by atoms with Crippen LogP contribution in [0.25, 0.3) is 0 Å². The van der Waals surface area contributed by atoms with E-state index < -0.39 is 5.97 Å². The molecule has 0 bridgehead atoms. The summed E-state index contributed by atoms with van der Waals surface area (Å²) in [6, 6.07) is 7.22. The Morgan fingerprint density at radius 3 is 2.53 bits per heavy atom. The molecule has 0 spiro atoms. The van der Waals surface area contributed by atoms with Crippen LogP contribution in [0.3, 0.4) is 0 Å². The number of allylic oxidation sites excluding steroid dienone is 1. The van der Waals surface area contributed by atoms with Gasteiger partial charge >= 0.3 is 5.97 Å². The van der Waals surface area contributed by atoms with Crippen molar-refractivity contribution in [3.8, 4) is 11.5 Å². The minimum absolute atomic E-state index is 0.345. The van der Waals surface area contributed by atoms with Gasteiger partial charge in [-0.15, -0.1) is 0 Å². The van der Waals surface area contributed by atoms with E-state index in [4.69, 9.17) is 14.2 Å². The van der Waals surface area contributed by atoms with Crippen molar-refractivity contribution in [1.82, 2.24) is 0 Å². The number of para-hydroxylation sites is 2. The van der Waals surface area contributed by atoms with Crippen molar-refractivity contribution in [2.45, 2.75) is 13.8 Å². The van der Waals surface area contributed by atoms with E-state index in [0.29, 0.717) is 23.9 Å². The summed E-state index contributed by atoms with van der Waals surface area (Å²) in [4.78, 5) is 11.2. The van der Waals surface area contributed by atoms with Gasteiger partial charge in [0.15, 0.2) is 11.5 Å². The Morgan fingerprint density at radius 2 is 1.94 bits per heavy atom. The van der Waals surface area contributed by atoms with Crippen molar-refractivity contribution in [2.24, 2.45) is 0 Å². The molecule has 0 aliphatic rings. The minimum atomic E-state index is -0.417. The molecule has 0 N–H and O–H groups in total. The maximum absolute atomic E-state index is 11.2. The quantitative estimate of drug-likeness (QED) is 0.447. The molecule has 92 valence electrons. The average Bonchev–Trinajstić information content (AvgIpc) is 2.29. The number of ether oxygens (including phenoxy) is 3. The topological polar surface area (TPSA) is 44.8 Å². The molecule has 0 aliphatic heterocycles. The van der Waals surface area contributed by atoms with Crippen molar-refractivity contribution in [2.75, 3.05) is 13.7 Å². The van der Waals surface area contributed by atoms with Gasteiger partial charge in [0.05, 0.1) is 19.8 Å². The van der Waals surface area contributed by atoms with Crippen LogP contribution in [0.2, 0.25) is 0 Å². The smallest absolute Gasteiger partial charge is 0.334 e. The fourth-order valence-electron chi connectivity index (χ4n) is 1.26. The summed E-state index contributed by atoms with van der Waals surface area (Å²) >= 11 is 0. The van der Waals surface area contributed by atoms with Gasteiger partial charge in [-0.1, -0.05) is 12.1 Å². The third-order valence-electron chi connectivity index (χ3n) is 1.95. The second-order valence-electron chi connectivity index (χ2n) is 3.26. The highest BCUT2D eigenvalue weighted by Crippen LogP contribution is 2.27. The van der Waals surface area contributed by atoms with Crippen LogP contribution in [0.1, 0.15) is 13.8 Å².